The molecule has 1 saturated heterocycles. The molecule has 1 aliphatic rings. The van der Waals surface area contributed by atoms with Crippen molar-refractivity contribution in [3.05, 3.63) is 0 Å². The Bertz CT molecular complexity index is 315. The summed E-state index contributed by atoms with van der Waals surface area (Å²) in [5.41, 5.74) is 0. The van der Waals surface area contributed by atoms with Crippen LogP contribution in [0.5, 0.6) is 0 Å². The van der Waals surface area contributed by atoms with Crippen molar-refractivity contribution in [3.63, 3.8) is 0 Å². The summed E-state index contributed by atoms with van der Waals surface area (Å²) in [7, 11) is -2.99. The molecule has 102 valence electrons. The van der Waals surface area contributed by atoms with E-state index in [1.54, 1.807) is 4.90 Å². The van der Waals surface area contributed by atoms with E-state index >= 15 is 0 Å². The Morgan fingerprint density at radius 2 is 1.94 bits per heavy atom. The summed E-state index contributed by atoms with van der Waals surface area (Å²) < 4.78 is 22.6. The molecule has 1 heterocycles. The zero-order valence-electron chi connectivity index (χ0n) is 10.9. The van der Waals surface area contributed by atoms with Gasteiger partial charge in [-0.3, -0.25) is 0 Å². The Hall–Kier alpha value is -0.170. The highest BCUT2D eigenvalue weighted by molar-refractivity contribution is 7.91. The van der Waals surface area contributed by atoms with Crippen molar-refractivity contribution in [2.24, 2.45) is 0 Å². The summed E-state index contributed by atoms with van der Waals surface area (Å²) in [4.78, 5) is 1.57. The van der Waals surface area contributed by atoms with Crippen molar-refractivity contribution in [1.29, 1.82) is 0 Å². The summed E-state index contributed by atoms with van der Waals surface area (Å²) in [6.07, 6.45) is 0.390. The van der Waals surface area contributed by atoms with Gasteiger partial charge in [-0.1, -0.05) is 0 Å². The third kappa shape index (κ3) is 4.91. The second-order valence-corrected chi connectivity index (χ2v) is 7.05. The van der Waals surface area contributed by atoms with Gasteiger partial charge in [-0.25, -0.2) is 8.42 Å². The maximum Gasteiger partial charge on any atom is 0.159 e. The monoisotopic (exact) mass is 266 g/mol. The van der Waals surface area contributed by atoms with E-state index < -0.39 is 15.9 Å². The highest BCUT2D eigenvalue weighted by Crippen LogP contribution is 2.08. The first-order chi connectivity index (χ1) is 7.98. The molecule has 1 rings (SSSR count). The van der Waals surface area contributed by atoms with Gasteiger partial charge in [-0.2, -0.15) is 0 Å². The van der Waals surface area contributed by atoms with Gasteiger partial charge in [0.1, 0.15) is 17.9 Å². The molecule has 2 atom stereocenters. The van der Waals surface area contributed by atoms with Crippen LogP contribution in [0.15, 0.2) is 0 Å². The van der Waals surface area contributed by atoms with Crippen molar-refractivity contribution in [3.8, 4) is 0 Å². The van der Waals surface area contributed by atoms with Gasteiger partial charge >= 0.3 is 0 Å². The van der Waals surface area contributed by atoms with Crippen molar-refractivity contribution in [1.82, 2.24) is 0 Å². The maximum absolute atomic E-state index is 11.3. The second kappa shape index (κ2) is 6.68. The molecular weight excluding hydrogens is 240 g/mol. The standard InChI is InChI=1S/C11H24N2O3S/c1-3-13(4-2)7-5-6-12-10-8-17(15,16)9-11(10)14/h10-12,14H,3-9H2,1-2H3/p+2/t10-,11-/m1/s1. The molecule has 0 aromatic carbocycles. The second-order valence-electron chi connectivity index (χ2n) is 4.89. The van der Waals surface area contributed by atoms with E-state index in [9.17, 15) is 13.5 Å². The topological polar surface area (TPSA) is 75.4 Å². The SMILES string of the molecule is CC[NH+](CC)CCC[NH2+][C@@H]1CS(=O)(=O)C[C@H]1O. The van der Waals surface area contributed by atoms with Crippen LogP contribution in [0.25, 0.3) is 0 Å². The molecular formula is C11H26N2O3S+2. The molecule has 1 aliphatic heterocycles. The van der Waals surface area contributed by atoms with E-state index in [-0.39, 0.29) is 17.5 Å². The first-order valence-electron chi connectivity index (χ1n) is 6.54. The molecule has 0 unspecified atom stereocenters. The fraction of sp³-hybridized carbons (Fsp3) is 1.00. The van der Waals surface area contributed by atoms with Crippen LogP contribution in [-0.4, -0.2) is 63.4 Å². The quantitative estimate of drug-likeness (QED) is 0.431. The number of hydrogen-bond donors (Lipinski definition) is 3. The van der Waals surface area contributed by atoms with Gasteiger partial charge in [0.15, 0.2) is 9.84 Å². The number of quaternary nitrogens is 2. The number of aliphatic hydroxyl groups excluding tert-OH is 1. The van der Waals surface area contributed by atoms with Crippen LogP contribution < -0.4 is 10.2 Å². The molecule has 5 nitrogen and oxygen atoms in total. The normalized spacial score (nSPS) is 27.8. The smallest absolute Gasteiger partial charge is 0.159 e. The maximum atomic E-state index is 11.3. The molecule has 0 aliphatic carbocycles. The van der Waals surface area contributed by atoms with Crippen LogP contribution in [0.1, 0.15) is 20.3 Å². The van der Waals surface area contributed by atoms with E-state index in [0.717, 1.165) is 32.6 Å². The van der Waals surface area contributed by atoms with Crippen LogP contribution in [0.4, 0.5) is 0 Å². The predicted octanol–water partition coefficient (Wildman–Crippen LogP) is -2.98. The minimum absolute atomic E-state index is 0.0601. The highest BCUT2D eigenvalue weighted by Gasteiger charge is 2.38. The molecule has 0 aromatic rings. The number of rotatable bonds is 7. The van der Waals surface area contributed by atoms with Crippen LogP contribution >= 0.6 is 0 Å². The molecule has 6 heteroatoms. The fourth-order valence-corrected chi connectivity index (χ4v) is 4.22. The van der Waals surface area contributed by atoms with Gasteiger partial charge in [-0.05, 0) is 13.8 Å². The van der Waals surface area contributed by atoms with Crippen LogP contribution in [0, 0.1) is 0 Å². The number of nitrogens with two attached hydrogens (primary N) is 1. The predicted molar refractivity (Wildman–Crippen MR) is 66.8 cm³/mol. The van der Waals surface area contributed by atoms with Crippen molar-refractivity contribution < 1.29 is 23.7 Å². The van der Waals surface area contributed by atoms with E-state index in [1.807, 2.05) is 5.32 Å². The van der Waals surface area contributed by atoms with Crippen LogP contribution in [0.2, 0.25) is 0 Å². The summed E-state index contributed by atoms with van der Waals surface area (Å²) in [6.45, 7) is 8.65. The lowest BCUT2D eigenvalue weighted by Crippen LogP contribution is -3.11. The van der Waals surface area contributed by atoms with Gasteiger partial charge in [0.25, 0.3) is 0 Å². The zero-order chi connectivity index (χ0) is 12.9. The van der Waals surface area contributed by atoms with Gasteiger partial charge in [0.2, 0.25) is 0 Å². The van der Waals surface area contributed by atoms with Gasteiger partial charge < -0.3 is 15.3 Å². The Morgan fingerprint density at radius 1 is 1.29 bits per heavy atom. The Kier molecular flexibility index (Phi) is 5.85. The third-order valence-corrected chi connectivity index (χ3v) is 5.31. The van der Waals surface area contributed by atoms with E-state index in [1.165, 1.54) is 0 Å². The number of sulfone groups is 1. The molecule has 0 bridgehead atoms. The Labute approximate surface area is 104 Å². The van der Waals surface area contributed by atoms with Gasteiger partial charge in [-0.15, -0.1) is 0 Å². The fourth-order valence-electron chi connectivity index (χ4n) is 2.37. The number of nitrogens with one attached hydrogen (secondary N) is 1. The van der Waals surface area contributed by atoms with Gasteiger partial charge in [0.05, 0.1) is 31.9 Å². The summed E-state index contributed by atoms with van der Waals surface area (Å²) in [6, 6.07) is -0.147. The molecule has 0 saturated carbocycles. The largest absolute Gasteiger partial charge is 0.386 e. The average Bonchev–Trinajstić information content (AvgIpc) is 2.52. The lowest BCUT2D eigenvalue weighted by Gasteiger charge is -2.16. The lowest BCUT2D eigenvalue weighted by atomic mass is 10.2. The lowest BCUT2D eigenvalue weighted by molar-refractivity contribution is -0.898. The highest BCUT2D eigenvalue weighted by atomic mass is 32.2. The first kappa shape index (κ1) is 14.9. The Balaban J connectivity index is 2.19. The van der Waals surface area contributed by atoms with Crippen molar-refractivity contribution in [2.75, 3.05) is 37.7 Å². The van der Waals surface area contributed by atoms with E-state index in [0.29, 0.717) is 0 Å². The van der Waals surface area contributed by atoms with E-state index in [4.69, 9.17) is 0 Å². The van der Waals surface area contributed by atoms with Gasteiger partial charge in [0, 0.05) is 6.42 Å². The molecule has 4 N–H and O–H groups in total. The molecule has 0 spiro atoms. The summed E-state index contributed by atoms with van der Waals surface area (Å²) in [5, 5.41) is 11.6. The van der Waals surface area contributed by atoms with Crippen LogP contribution in [-0.2, 0) is 9.84 Å². The molecule has 0 radical (unpaired) electrons. The minimum atomic E-state index is -2.99. The van der Waals surface area contributed by atoms with Crippen LogP contribution in [0.3, 0.4) is 0 Å². The molecule has 1 fully saturated rings. The molecule has 0 aromatic heterocycles. The number of hydrogen-bond acceptors (Lipinski definition) is 3. The Morgan fingerprint density at radius 3 is 2.41 bits per heavy atom. The van der Waals surface area contributed by atoms with Crippen molar-refractivity contribution >= 4 is 9.84 Å². The summed E-state index contributed by atoms with van der Waals surface area (Å²) >= 11 is 0. The summed E-state index contributed by atoms with van der Waals surface area (Å²) in [5.74, 6) is 0.0712. The van der Waals surface area contributed by atoms with Crippen molar-refractivity contribution in [2.45, 2.75) is 32.4 Å². The van der Waals surface area contributed by atoms with E-state index in [2.05, 4.69) is 13.8 Å². The molecule has 0 amide bonds. The molecule has 17 heavy (non-hydrogen) atoms. The first-order valence-corrected chi connectivity index (χ1v) is 8.36. The minimum Gasteiger partial charge on any atom is -0.386 e. The third-order valence-electron chi connectivity index (χ3n) is 3.57. The zero-order valence-corrected chi connectivity index (χ0v) is 11.7. The average molecular weight is 266 g/mol. The number of aliphatic hydroxyl groups is 1.